The van der Waals surface area contributed by atoms with Crippen LogP contribution in [0.25, 0.3) is 32.7 Å². The van der Waals surface area contributed by atoms with Crippen molar-refractivity contribution in [3.05, 3.63) is 109 Å². The Hall–Kier alpha value is -5.54. The predicted octanol–water partition coefficient (Wildman–Crippen LogP) is 7.46. The van der Waals surface area contributed by atoms with E-state index in [0.717, 1.165) is 23.3 Å². The van der Waals surface area contributed by atoms with E-state index in [1.165, 1.54) is 12.1 Å². The highest BCUT2D eigenvalue weighted by atomic mass is 32.2. The number of anilines is 2. The summed E-state index contributed by atoms with van der Waals surface area (Å²) in [5.74, 6) is 0. The molecule has 230 valence electrons. The molecule has 0 bridgehead atoms. The quantitative estimate of drug-likeness (QED) is 0.100. The molecule has 0 aliphatic rings. The van der Waals surface area contributed by atoms with Gasteiger partial charge in [-0.2, -0.15) is 10.2 Å². The molecule has 12 nitrogen and oxygen atoms in total. The zero-order chi connectivity index (χ0) is 32.6. The van der Waals surface area contributed by atoms with Crippen LogP contribution in [0.2, 0.25) is 0 Å². The van der Waals surface area contributed by atoms with Crippen molar-refractivity contribution in [2.75, 3.05) is 11.5 Å². The van der Waals surface area contributed by atoms with E-state index in [0.29, 0.717) is 22.1 Å². The first kappa shape index (κ1) is 30.5. The lowest BCUT2D eigenvalue weighted by atomic mass is 10.1. The van der Waals surface area contributed by atoms with Gasteiger partial charge in [-0.15, -0.1) is 10.2 Å². The number of nitrogens with two attached hydrogens (primary N) is 2. The topological polar surface area (TPSA) is 216 Å². The SMILES string of the molecule is Nc1c(N=Nc2ccc(-c3ccc(N=Nc4cc(S(=O)(=O)[O-])c5ccccc5c4N)cc3)cc2)cc(S(=O)(=O)[O-])c2ccccc12. The highest BCUT2D eigenvalue weighted by Crippen LogP contribution is 2.38. The molecule has 0 saturated carbocycles. The number of hydrogen-bond donors (Lipinski definition) is 2. The summed E-state index contributed by atoms with van der Waals surface area (Å²) in [5, 5.41) is 17.8. The van der Waals surface area contributed by atoms with Crippen LogP contribution in [0.15, 0.2) is 139 Å². The summed E-state index contributed by atoms with van der Waals surface area (Å²) in [6.07, 6.45) is 0. The summed E-state index contributed by atoms with van der Waals surface area (Å²) in [5.41, 5.74) is 15.5. The highest BCUT2D eigenvalue weighted by molar-refractivity contribution is 7.86. The molecule has 0 saturated heterocycles. The van der Waals surface area contributed by atoms with E-state index in [9.17, 15) is 25.9 Å². The third-order valence-corrected chi connectivity index (χ3v) is 8.96. The van der Waals surface area contributed by atoms with Crippen molar-refractivity contribution >= 4 is 75.9 Å². The Labute approximate surface area is 263 Å². The molecule has 0 aliphatic heterocycles. The van der Waals surface area contributed by atoms with Crippen molar-refractivity contribution in [2.45, 2.75) is 9.79 Å². The Kier molecular flexibility index (Phi) is 7.79. The van der Waals surface area contributed by atoms with Crippen molar-refractivity contribution in [1.29, 1.82) is 0 Å². The van der Waals surface area contributed by atoms with E-state index >= 15 is 0 Å². The zero-order valence-corrected chi connectivity index (χ0v) is 25.2. The molecular weight excluding hydrogens is 629 g/mol. The number of fused-ring (bicyclic) bond motifs is 2. The maximum absolute atomic E-state index is 11.9. The van der Waals surface area contributed by atoms with Gasteiger partial charge in [0.15, 0.2) is 0 Å². The molecule has 14 heteroatoms. The van der Waals surface area contributed by atoms with Crippen LogP contribution in [-0.2, 0) is 20.2 Å². The Morgan fingerprint density at radius 2 is 0.783 bits per heavy atom. The first-order chi connectivity index (χ1) is 21.9. The standard InChI is InChI=1S/C32H24N6O6S2/c33-31-25-7-3-1-5-23(25)29(45(39,40)41)17-27(31)37-35-21-13-9-19(10-14-21)20-11-15-22(16-12-20)36-38-28-18-30(46(42,43)44)24-6-2-4-8-26(24)32(28)34/h1-18H,33-34H2,(H,39,40,41)(H,42,43,44)/p-2. The van der Waals surface area contributed by atoms with Gasteiger partial charge in [0, 0.05) is 21.5 Å². The smallest absolute Gasteiger partial charge is 0.125 e. The summed E-state index contributed by atoms with van der Waals surface area (Å²) in [6.45, 7) is 0. The van der Waals surface area contributed by atoms with Crippen LogP contribution < -0.4 is 11.5 Å². The molecule has 6 aromatic carbocycles. The molecule has 0 aromatic heterocycles. The van der Waals surface area contributed by atoms with Crippen molar-refractivity contribution in [3.63, 3.8) is 0 Å². The normalized spacial score (nSPS) is 12.5. The van der Waals surface area contributed by atoms with Crippen LogP contribution >= 0.6 is 0 Å². The lowest BCUT2D eigenvalue weighted by Gasteiger charge is -2.13. The fourth-order valence-electron chi connectivity index (χ4n) is 4.94. The van der Waals surface area contributed by atoms with Gasteiger partial charge in [-0.1, -0.05) is 72.8 Å². The molecule has 0 aliphatic carbocycles. The second-order valence-corrected chi connectivity index (χ2v) is 12.8. The Morgan fingerprint density at radius 1 is 0.457 bits per heavy atom. The van der Waals surface area contributed by atoms with Gasteiger partial charge < -0.3 is 20.6 Å². The molecule has 0 heterocycles. The minimum absolute atomic E-state index is 0.0540. The van der Waals surface area contributed by atoms with Crippen LogP contribution in [0.4, 0.5) is 34.1 Å². The maximum Gasteiger partial charge on any atom is 0.125 e. The van der Waals surface area contributed by atoms with Gasteiger partial charge in [-0.3, -0.25) is 0 Å². The van der Waals surface area contributed by atoms with Crippen LogP contribution in [0.3, 0.4) is 0 Å². The van der Waals surface area contributed by atoms with E-state index in [1.54, 1.807) is 60.7 Å². The molecule has 4 N–H and O–H groups in total. The average molecular weight is 651 g/mol. The Bertz CT molecular complexity index is 2260. The number of azo groups is 2. The molecule has 6 aromatic rings. The third-order valence-electron chi connectivity index (χ3n) is 7.21. The van der Waals surface area contributed by atoms with Crippen molar-refractivity contribution in [2.24, 2.45) is 20.5 Å². The molecule has 0 amide bonds. The van der Waals surface area contributed by atoms with E-state index in [-0.39, 0.29) is 33.5 Å². The van der Waals surface area contributed by atoms with Gasteiger partial charge in [0.25, 0.3) is 0 Å². The zero-order valence-electron chi connectivity index (χ0n) is 23.6. The molecule has 0 radical (unpaired) electrons. The lowest BCUT2D eigenvalue weighted by molar-refractivity contribution is 0.462. The van der Waals surface area contributed by atoms with Crippen LogP contribution in [0, 0.1) is 0 Å². The first-order valence-corrected chi connectivity index (χ1v) is 16.3. The summed E-state index contributed by atoms with van der Waals surface area (Å²) in [4.78, 5) is -0.851. The largest absolute Gasteiger partial charge is 0.744 e. The summed E-state index contributed by atoms with van der Waals surface area (Å²) in [7, 11) is -9.57. The van der Waals surface area contributed by atoms with Gasteiger partial charge in [0.05, 0.1) is 32.5 Å². The minimum Gasteiger partial charge on any atom is -0.744 e. The van der Waals surface area contributed by atoms with E-state index in [1.807, 2.05) is 24.3 Å². The average Bonchev–Trinajstić information content (AvgIpc) is 3.04. The summed E-state index contributed by atoms with van der Waals surface area (Å²) in [6, 6.07) is 29.1. The molecule has 0 atom stereocenters. The van der Waals surface area contributed by atoms with Gasteiger partial charge in [-0.25, -0.2) is 16.8 Å². The summed E-state index contributed by atoms with van der Waals surface area (Å²) < 4.78 is 71.2. The first-order valence-electron chi connectivity index (χ1n) is 13.5. The maximum atomic E-state index is 11.9. The number of rotatable bonds is 7. The second kappa shape index (κ2) is 11.8. The molecule has 0 unspecified atom stereocenters. The van der Waals surface area contributed by atoms with Gasteiger partial charge in [0.2, 0.25) is 0 Å². The minimum atomic E-state index is -4.78. The number of benzene rings is 6. The van der Waals surface area contributed by atoms with Crippen molar-refractivity contribution < 1.29 is 25.9 Å². The lowest BCUT2D eigenvalue weighted by Crippen LogP contribution is -2.01. The van der Waals surface area contributed by atoms with E-state index in [4.69, 9.17) is 11.5 Å². The van der Waals surface area contributed by atoms with Crippen LogP contribution in [-0.4, -0.2) is 25.9 Å². The van der Waals surface area contributed by atoms with Crippen LogP contribution in [0.5, 0.6) is 0 Å². The molecular formula is C32H22N6O6S2-2. The molecule has 0 spiro atoms. The van der Waals surface area contributed by atoms with Crippen molar-refractivity contribution in [1.82, 2.24) is 0 Å². The fraction of sp³-hybridized carbons (Fsp3) is 0. The predicted molar refractivity (Wildman–Crippen MR) is 173 cm³/mol. The molecule has 6 rings (SSSR count). The van der Waals surface area contributed by atoms with E-state index < -0.39 is 30.0 Å². The fourth-order valence-corrected chi connectivity index (χ4v) is 6.35. The number of nitrogen functional groups attached to an aromatic ring is 2. The number of nitrogens with zero attached hydrogens (tertiary/aromatic N) is 4. The Morgan fingerprint density at radius 3 is 1.11 bits per heavy atom. The molecule has 46 heavy (non-hydrogen) atoms. The monoisotopic (exact) mass is 650 g/mol. The van der Waals surface area contributed by atoms with Gasteiger partial charge in [-0.05, 0) is 47.5 Å². The van der Waals surface area contributed by atoms with Crippen molar-refractivity contribution in [3.8, 4) is 11.1 Å². The Balaban J connectivity index is 1.22. The molecule has 0 fully saturated rings. The number of hydrogen-bond acceptors (Lipinski definition) is 12. The van der Waals surface area contributed by atoms with E-state index in [2.05, 4.69) is 20.5 Å². The van der Waals surface area contributed by atoms with Gasteiger partial charge >= 0.3 is 0 Å². The second-order valence-electron chi connectivity index (χ2n) is 10.1. The highest BCUT2D eigenvalue weighted by Gasteiger charge is 2.15. The third kappa shape index (κ3) is 6.05. The van der Waals surface area contributed by atoms with Gasteiger partial charge in [0.1, 0.15) is 31.6 Å². The van der Waals surface area contributed by atoms with Crippen LogP contribution in [0.1, 0.15) is 0 Å². The summed E-state index contributed by atoms with van der Waals surface area (Å²) >= 11 is 0.